The largest absolute Gasteiger partial charge is 0.489 e. The van der Waals surface area contributed by atoms with E-state index in [1.54, 1.807) is 31.5 Å². The van der Waals surface area contributed by atoms with E-state index in [1.807, 2.05) is 18.2 Å². The molecule has 0 radical (unpaired) electrons. The van der Waals surface area contributed by atoms with Crippen LogP contribution in [0.5, 0.6) is 5.75 Å². The number of ether oxygens (including phenoxy) is 1. The van der Waals surface area contributed by atoms with Crippen molar-refractivity contribution in [3.05, 3.63) is 54.9 Å². The lowest BCUT2D eigenvalue weighted by atomic mass is 10.1. The molecule has 0 spiro atoms. The van der Waals surface area contributed by atoms with E-state index in [-0.39, 0.29) is 0 Å². The molecular weight excluding hydrogens is 264 g/mol. The van der Waals surface area contributed by atoms with Gasteiger partial charge in [0.1, 0.15) is 18.5 Å². The maximum absolute atomic E-state index is 9.24. The van der Waals surface area contributed by atoms with Crippen LogP contribution < -0.4 is 4.74 Å². The number of benzene rings is 1. The van der Waals surface area contributed by atoms with Crippen molar-refractivity contribution in [3.63, 3.8) is 0 Å². The third kappa shape index (κ3) is 4.16. The van der Waals surface area contributed by atoms with E-state index in [0.29, 0.717) is 18.2 Å². The number of aliphatic hydroxyl groups is 1. The Labute approximate surface area is 124 Å². The van der Waals surface area contributed by atoms with Gasteiger partial charge in [-0.1, -0.05) is 24.5 Å². The molecule has 2 rings (SSSR count). The number of hydrogen-bond donors (Lipinski definition) is 1. The highest BCUT2D eigenvalue weighted by molar-refractivity contribution is 5.66. The first-order valence-corrected chi connectivity index (χ1v) is 6.55. The number of hydrogen-bond acceptors (Lipinski definition) is 4. The molecule has 0 amide bonds. The fourth-order valence-corrected chi connectivity index (χ4v) is 1.68. The van der Waals surface area contributed by atoms with Crippen molar-refractivity contribution in [1.82, 2.24) is 9.97 Å². The Bertz CT molecular complexity index is 670. The van der Waals surface area contributed by atoms with Gasteiger partial charge in [0.25, 0.3) is 0 Å². The van der Waals surface area contributed by atoms with Crippen LogP contribution in [-0.2, 0) is 0 Å². The zero-order valence-electron chi connectivity index (χ0n) is 11.8. The fourth-order valence-electron chi connectivity index (χ4n) is 1.68. The Kier molecular flexibility index (Phi) is 5.08. The zero-order chi connectivity index (χ0) is 15.1. The van der Waals surface area contributed by atoms with Crippen molar-refractivity contribution in [2.45, 2.75) is 13.0 Å². The van der Waals surface area contributed by atoms with Gasteiger partial charge in [0, 0.05) is 18.0 Å². The average Bonchev–Trinajstić information content (AvgIpc) is 2.52. The minimum atomic E-state index is -0.668. The SMILES string of the molecule is C=CCOc1ccc(C#CC(C)O)cc1-c1ncccn1. The first-order chi connectivity index (χ1) is 10.2. The molecule has 0 saturated heterocycles. The van der Waals surface area contributed by atoms with Crippen molar-refractivity contribution < 1.29 is 9.84 Å². The van der Waals surface area contributed by atoms with E-state index in [4.69, 9.17) is 4.74 Å². The molecule has 1 aromatic carbocycles. The summed E-state index contributed by atoms with van der Waals surface area (Å²) in [5.41, 5.74) is 1.53. The Balaban J connectivity index is 2.44. The maximum Gasteiger partial charge on any atom is 0.162 e. The van der Waals surface area contributed by atoms with Crippen LogP contribution >= 0.6 is 0 Å². The molecule has 0 fully saturated rings. The molecule has 1 N–H and O–H groups in total. The topological polar surface area (TPSA) is 55.2 Å². The van der Waals surface area contributed by atoms with E-state index in [1.165, 1.54) is 0 Å². The van der Waals surface area contributed by atoms with Crippen molar-refractivity contribution in [1.29, 1.82) is 0 Å². The second-order valence-electron chi connectivity index (χ2n) is 4.33. The molecule has 0 saturated carbocycles. The molecule has 1 unspecified atom stereocenters. The lowest BCUT2D eigenvalue weighted by molar-refractivity contribution is 0.253. The predicted octanol–water partition coefficient (Wildman–Crippen LogP) is 2.44. The van der Waals surface area contributed by atoms with Crippen molar-refractivity contribution in [2.75, 3.05) is 6.61 Å². The first kappa shape index (κ1) is 14.8. The van der Waals surface area contributed by atoms with Gasteiger partial charge >= 0.3 is 0 Å². The molecular formula is C17H16N2O2. The van der Waals surface area contributed by atoms with Crippen molar-refractivity contribution in [2.24, 2.45) is 0 Å². The summed E-state index contributed by atoms with van der Waals surface area (Å²) in [4.78, 5) is 8.48. The van der Waals surface area contributed by atoms with E-state index >= 15 is 0 Å². The first-order valence-electron chi connectivity index (χ1n) is 6.55. The Morgan fingerprint density at radius 3 is 2.81 bits per heavy atom. The zero-order valence-corrected chi connectivity index (χ0v) is 11.8. The highest BCUT2D eigenvalue weighted by Crippen LogP contribution is 2.28. The van der Waals surface area contributed by atoms with Crippen LogP contribution in [0, 0.1) is 11.8 Å². The molecule has 106 valence electrons. The minimum Gasteiger partial charge on any atom is -0.489 e. The molecule has 0 aliphatic heterocycles. The quantitative estimate of drug-likeness (QED) is 0.690. The second-order valence-corrected chi connectivity index (χ2v) is 4.33. The van der Waals surface area contributed by atoms with E-state index in [0.717, 1.165) is 11.1 Å². The standard InChI is InChI=1S/C17H16N2O2/c1-3-11-21-16-8-7-14(6-5-13(2)20)12-15(16)17-18-9-4-10-19-17/h3-4,7-10,12-13,20H,1,11H2,2H3. The van der Waals surface area contributed by atoms with E-state index < -0.39 is 6.10 Å². The smallest absolute Gasteiger partial charge is 0.162 e. The average molecular weight is 280 g/mol. The molecule has 4 nitrogen and oxygen atoms in total. The summed E-state index contributed by atoms with van der Waals surface area (Å²) < 4.78 is 5.63. The van der Waals surface area contributed by atoms with Crippen LogP contribution in [0.1, 0.15) is 12.5 Å². The predicted molar refractivity (Wildman–Crippen MR) is 81.7 cm³/mol. The molecule has 2 aromatic rings. The van der Waals surface area contributed by atoms with Gasteiger partial charge in [0.2, 0.25) is 0 Å². The lowest BCUT2D eigenvalue weighted by Gasteiger charge is -2.09. The molecule has 4 heteroatoms. The Morgan fingerprint density at radius 2 is 2.14 bits per heavy atom. The Hall–Kier alpha value is -2.64. The van der Waals surface area contributed by atoms with Crippen LogP contribution in [0.25, 0.3) is 11.4 Å². The van der Waals surface area contributed by atoms with Gasteiger partial charge in [-0.25, -0.2) is 9.97 Å². The highest BCUT2D eigenvalue weighted by Gasteiger charge is 2.09. The molecule has 0 aliphatic rings. The number of rotatable bonds is 4. The second kappa shape index (κ2) is 7.22. The van der Waals surface area contributed by atoms with Gasteiger partial charge in [-0.2, -0.15) is 0 Å². The minimum absolute atomic E-state index is 0.401. The molecule has 0 aliphatic carbocycles. The summed E-state index contributed by atoms with van der Waals surface area (Å²) in [6, 6.07) is 7.26. The van der Waals surface area contributed by atoms with E-state index in [2.05, 4.69) is 28.4 Å². The van der Waals surface area contributed by atoms with Gasteiger partial charge in [-0.05, 0) is 31.2 Å². The molecule has 1 atom stereocenters. The summed E-state index contributed by atoms with van der Waals surface area (Å²) >= 11 is 0. The third-order valence-corrected chi connectivity index (χ3v) is 2.57. The monoisotopic (exact) mass is 280 g/mol. The third-order valence-electron chi connectivity index (χ3n) is 2.57. The lowest BCUT2D eigenvalue weighted by Crippen LogP contribution is -1.98. The summed E-state index contributed by atoms with van der Waals surface area (Å²) in [5, 5.41) is 9.24. The molecule has 0 bridgehead atoms. The summed E-state index contributed by atoms with van der Waals surface area (Å²) in [5.74, 6) is 6.85. The van der Waals surface area contributed by atoms with Gasteiger partial charge < -0.3 is 9.84 Å². The van der Waals surface area contributed by atoms with Crippen molar-refractivity contribution in [3.8, 4) is 29.0 Å². The normalized spacial score (nSPS) is 11.1. The van der Waals surface area contributed by atoms with Gasteiger partial charge in [0.05, 0.1) is 5.56 Å². The van der Waals surface area contributed by atoms with Crippen LogP contribution in [0.4, 0.5) is 0 Å². The summed E-state index contributed by atoms with van der Waals surface area (Å²) in [6.45, 7) is 5.66. The van der Waals surface area contributed by atoms with Gasteiger partial charge in [0.15, 0.2) is 5.82 Å². The van der Waals surface area contributed by atoms with Crippen LogP contribution in [0.3, 0.4) is 0 Å². The summed E-state index contributed by atoms with van der Waals surface area (Å²) in [6.07, 6.45) is 4.36. The molecule has 1 heterocycles. The number of nitrogens with zero attached hydrogens (tertiary/aromatic N) is 2. The summed E-state index contributed by atoms with van der Waals surface area (Å²) in [7, 11) is 0. The van der Waals surface area contributed by atoms with Crippen molar-refractivity contribution >= 4 is 0 Å². The van der Waals surface area contributed by atoms with Crippen LogP contribution in [0.2, 0.25) is 0 Å². The van der Waals surface area contributed by atoms with Crippen LogP contribution in [-0.4, -0.2) is 27.8 Å². The van der Waals surface area contributed by atoms with E-state index in [9.17, 15) is 5.11 Å². The number of aromatic nitrogens is 2. The molecule has 1 aromatic heterocycles. The van der Waals surface area contributed by atoms with Crippen LogP contribution in [0.15, 0.2) is 49.3 Å². The molecule has 21 heavy (non-hydrogen) atoms. The number of aliphatic hydroxyl groups excluding tert-OH is 1. The van der Waals surface area contributed by atoms with Gasteiger partial charge in [-0.3, -0.25) is 0 Å². The maximum atomic E-state index is 9.24. The Morgan fingerprint density at radius 1 is 1.38 bits per heavy atom. The van der Waals surface area contributed by atoms with Gasteiger partial charge in [-0.15, -0.1) is 0 Å². The fraction of sp³-hybridized carbons (Fsp3) is 0.176. The highest BCUT2D eigenvalue weighted by atomic mass is 16.5.